The van der Waals surface area contributed by atoms with Crippen molar-refractivity contribution in [1.82, 2.24) is 9.71 Å². The SMILES string of the molecule is CCc1cccnc1CNS(=O)(=O)c1cc(C)cc(N)c1. The zero-order chi connectivity index (χ0) is 15.5. The predicted octanol–water partition coefficient (Wildman–Crippen LogP) is 2.01. The van der Waals surface area contributed by atoms with Crippen LogP contribution in [0.2, 0.25) is 0 Å². The summed E-state index contributed by atoms with van der Waals surface area (Å²) in [4.78, 5) is 4.40. The van der Waals surface area contributed by atoms with E-state index in [9.17, 15) is 8.42 Å². The van der Waals surface area contributed by atoms with Gasteiger partial charge in [0.2, 0.25) is 10.0 Å². The van der Waals surface area contributed by atoms with Gasteiger partial charge in [0.1, 0.15) is 0 Å². The second-order valence-corrected chi connectivity index (χ2v) is 6.63. The number of anilines is 1. The normalized spacial score (nSPS) is 11.5. The van der Waals surface area contributed by atoms with E-state index in [4.69, 9.17) is 5.73 Å². The van der Waals surface area contributed by atoms with Gasteiger partial charge >= 0.3 is 0 Å². The summed E-state index contributed by atoms with van der Waals surface area (Å²) >= 11 is 0. The van der Waals surface area contributed by atoms with Gasteiger partial charge in [0.05, 0.1) is 17.1 Å². The van der Waals surface area contributed by atoms with Crippen LogP contribution in [0, 0.1) is 6.92 Å². The van der Waals surface area contributed by atoms with Crippen LogP contribution in [-0.4, -0.2) is 13.4 Å². The minimum absolute atomic E-state index is 0.167. The van der Waals surface area contributed by atoms with E-state index >= 15 is 0 Å². The fourth-order valence-corrected chi connectivity index (χ4v) is 3.26. The first-order valence-corrected chi connectivity index (χ1v) is 8.20. The van der Waals surface area contributed by atoms with Crippen molar-refractivity contribution in [3.63, 3.8) is 0 Å². The minimum atomic E-state index is -3.60. The smallest absolute Gasteiger partial charge is 0.241 e. The summed E-state index contributed by atoms with van der Waals surface area (Å²) in [6, 6.07) is 8.57. The molecule has 1 aromatic carbocycles. The Balaban J connectivity index is 2.22. The fraction of sp³-hybridized carbons (Fsp3) is 0.267. The maximum absolute atomic E-state index is 12.3. The molecular formula is C15H19N3O2S. The summed E-state index contributed by atoms with van der Waals surface area (Å²) in [7, 11) is -3.60. The Morgan fingerprint density at radius 3 is 2.71 bits per heavy atom. The van der Waals surface area contributed by atoms with Gasteiger partial charge in [0, 0.05) is 11.9 Å². The Hall–Kier alpha value is -1.92. The van der Waals surface area contributed by atoms with E-state index in [-0.39, 0.29) is 11.4 Å². The van der Waals surface area contributed by atoms with Crippen molar-refractivity contribution in [3.8, 4) is 0 Å². The highest BCUT2D eigenvalue weighted by molar-refractivity contribution is 7.89. The van der Waals surface area contributed by atoms with E-state index in [0.29, 0.717) is 5.69 Å². The van der Waals surface area contributed by atoms with Crippen LogP contribution < -0.4 is 10.5 Å². The zero-order valence-corrected chi connectivity index (χ0v) is 12.9. The Morgan fingerprint density at radius 1 is 1.29 bits per heavy atom. The second kappa shape index (κ2) is 6.24. The molecule has 0 saturated heterocycles. The summed E-state index contributed by atoms with van der Waals surface area (Å²) < 4.78 is 27.2. The van der Waals surface area contributed by atoms with Gasteiger partial charge in [-0.05, 0) is 48.7 Å². The van der Waals surface area contributed by atoms with Crippen molar-refractivity contribution >= 4 is 15.7 Å². The van der Waals surface area contributed by atoms with Crippen LogP contribution in [0.5, 0.6) is 0 Å². The molecule has 0 saturated carbocycles. The highest BCUT2D eigenvalue weighted by Crippen LogP contribution is 2.16. The van der Waals surface area contributed by atoms with Gasteiger partial charge in [-0.2, -0.15) is 0 Å². The maximum atomic E-state index is 12.3. The van der Waals surface area contributed by atoms with Crippen LogP contribution >= 0.6 is 0 Å². The molecule has 21 heavy (non-hydrogen) atoms. The average molecular weight is 305 g/mol. The molecule has 6 heteroatoms. The standard InChI is InChI=1S/C15H19N3O2S/c1-3-12-5-4-6-17-15(12)10-18-21(19,20)14-8-11(2)7-13(16)9-14/h4-9,18H,3,10,16H2,1-2H3. The number of aromatic nitrogens is 1. The largest absolute Gasteiger partial charge is 0.399 e. The molecule has 0 fully saturated rings. The lowest BCUT2D eigenvalue weighted by Crippen LogP contribution is -2.24. The summed E-state index contributed by atoms with van der Waals surface area (Å²) in [5, 5.41) is 0. The Bertz CT molecular complexity index is 722. The van der Waals surface area contributed by atoms with Gasteiger partial charge in [-0.3, -0.25) is 4.98 Å². The molecule has 0 aliphatic rings. The highest BCUT2D eigenvalue weighted by atomic mass is 32.2. The molecule has 0 amide bonds. The Morgan fingerprint density at radius 2 is 2.05 bits per heavy atom. The molecule has 1 heterocycles. The van der Waals surface area contributed by atoms with Gasteiger partial charge in [-0.15, -0.1) is 0 Å². The van der Waals surface area contributed by atoms with E-state index < -0.39 is 10.0 Å². The van der Waals surface area contributed by atoms with E-state index in [1.54, 1.807) is 18.3 Å². The molecule has 0 aliphatic carbocycles. The van der Waals surface area contributed by atoms with Crippen LogP contribution in [0.4, 0.5) is 5.69 Å². The third-order valence-electron chi connectivity index (χ3n) is 3.18. The summed E-state index contributed by atoms with van der Waals surface area (Å²) in [5.74, 6) is 0. The van der Waals surface area contributed by atoms with Crippen LogP contribution in [0.15, 0.2) is 41.4 Å². The molecular weight excluding hydrogens is 286 g/mol. The second-order valence-electron chi connectivity index (χ2n) is 4.87. The number of hydrogen-bond acceptors (Lipinski definition) is 4. The third-order valence-corrected chi connectivity index (χ3v) is 4.56. The number of nitrogen functional groups attached to an aromatic ring is 1. The fourth-order valence-electron chi connectivity index (χ4n) is 2.13. The molecule has 1 aromatic heterocycles. The van der Waals surface area contributed by atoms with E-state index in [2.05, 4.69) is 9.71 Å². The Kier molecular flexibility index (Phi) is 4.59. The van der Waals surface area contributed by atoms with Crippen LogP contribution in [0.3, 0.4) is 0 Å². The molecule has 2 aromatic rings. The molecule has 5 nitrogen and oxygen atoms in total. The molecule has 0 unspecified atom stereocenters. The van der Waals surface area contributed by atoms with Crippen molar-refractivity contribution in [2.24, 2.45) is 0 Å². The van der Waals surface area contributed by atoms with Crippen LogP contribution in [-0.2, 0) is 23.0 Å². The molecule has 0 radical (unpaired) electrons. The highest BCUT2D eigenvalue weighted by Gasteiger charge is 2.15. The van der Waals surface area contributed by atoms with E-state index in [0.717, 1.165) is 23.2 Å². The lowest BCUT2D eigenvalue weighted by molar-refractivity contribution is 0.580. The monoisotopic (exact) mass is 305 g/mol. The van der Waals surface area contributed by atoms with E-state index in [1.165, 1.54) is 6.07 Å². The maximum Gasteiger partial charge on any atom is 0.241 e. The predicted molar refractivity (Wildman–Crippen MR) is 83.2 cm³/mol. The Labute approximate surface area is 125 Å². The zero-order valence-electron chi connectivity index (χ0n) is 12.1. The minimum Gasteiger partial charge on any atom is -0.399 e. The van der Waals surface area contributed by atoms with Gasteiger partial charge in [0.15, 0.2) is 0 Å². The number of nitrogens with zero attached hydrogens (tertiary/aromatic N) is 1. The van der Waals surface area contributed by atoms with Crippen molar-refractivity contribution in [3.05, 3.63) is 53.3 Å². The van der Waals surface area contributed by atoms with Crippen LogP contribution in [0.1, 0.15) is 23.7 Å². The van der Waals surface area contributed by atoms with Crippen molar-refractivity contribution < 1.29 is 8.42 Å². The molecule has 2 rings (SSSR count). The lowest BCUT2D eigenvalue weighted by atomic mass is 10.1. The van der Waals surface area contributed by atoms with Crippen molar-refractivity contribution in [2.45, 2.75) is 31.7 Å². The number of aryl methyl sites for hydroxylation is 2. The molecule has 0 aliphatic heterocycles. The first kappa shape index (κ1) is 15.5. The lowest BCUT2D eigenvalue weighted by Gasteiger charge is -2.10. The number of nitrogens with two attached hydrogens (primary N) is 1. The number of nitrogens with one attached hydrogen (secondary N) is 1. The van der Waals surface area contributed by atoms with Gasteiger partial charge in [0.25, 0.3) is 0 Å². The summed E-state index contributed by atoms with van der Waals surface area (Å²) in [6.07, 6.45) is 2.47. The first-order chi connectivity index (χ1) is 9.92. The number of rotatable bonds is 5. The summed E-state index contributed by atoms with van der Waals surface area (Å²) in [5.41, 5.74) is 8.72. The molecule has 0 bridgehead atoms. The van der Waals surface area contributed by atoms with Crippen molar-refractivity contribution in [1.29, 1.82) is 0 Å². The average Bonchev–Trinajstić information content (AvgIpc) is 2.44. The summed E-state index contributed by atoms with van der Waals surface area (Å²) in [6.45, 7) is 3.99. The van der Waals surface area contributed by atoms with Gasteiger partial charge in [-0.1, -0.05) is 13.0 Å². The topological polar surface area (TPSA) is 85.1 Å². The van der Waals surface area contributed by atoms with E-state index in [1.807, 2.05) is 26.0 Å². The quantitative estimate of drug-likeness (QED) is 0.828. The third kappa shape index (κ3) is 3.80. The molecule has 0 spiro atoms. The number of sulfonamides is 1. The van der Waals surface area contributed by atoms with Crippen molar-refractivity contribution in [2.75, 3.05) is 5.73 Å². The van der Waals surface area contributed by atoms with Gasteiger partial charge < -0.3 is 5.73 Å². The molecule has 112 valence electrons. The van der Waals surface area contributed by atoms with Crippen LogP contribution in [0.25, 0.3) is 0 Å². The van der Waals surface area contributed by atoms with Gasteiger partial charge in [-0.25, -0.2) is 13.1 Å². The molecule has 3 N–H and O–H groups in total. The first-order valence-electron chi connectivity index (χ1n) is 6.72. The number of hydrogen-bond donors (Lipinski definition) is 2. The molecule has 0 atom stereocenters. The number of pyridine rings is 1. The number of benzene rings is 1.